The molecule has 2 heterocycles. The highest BCUT2D eigenvalue weighted by Crippen LogP contribution is 2.16. The Balaban J connectivity index is 1.57. The van der Waals surface area contributed by atoms with Crippen LogP contribution in [0.5, 0.6) is 0 Å². The standard InChI is InChI=1S/C20H23N5O3/c1-5-24-14(3)10-17(15(24)4)18(26)12-28-19(27)11-25-22-20(21-23-25)16-8-6-13(2)7-9-16/h6-10H,5,11-12H2,1-4H3. The predicted octanol–water partition coefficient (Wildman–Crippen LogP) is 2.51. The quantitative estimate of drug-likeness (QED) is 0.461. The van der Waals surface area contributed by atoms with Gasteiger partial charge >= 0.3 is 5.97 Å². The molecule has 0 unspecified atom stereocenters. The number of aromatic nitrogens is 5. The lowest BCUT2D eigenvalue weighted by atomic mass is 10.1. The number of hydrogen-bond donors (Lipinski definition) is 0. The molecular weight excluding hydrogens is 358 g/mol. The van der Waals surface area contributed by atoms with Crippen molar-refractivity contribution in [1.82, 2.24) is 24.8 Å². The molecule has 0 N–H and O–H groups in total. The molecule has 3 rings (SSSR count). The number of ether oxygens (including phenoxy) is 1. The van der Waals surface area contributed by atoms with Crippen molar-refractivity contribution in [3.8, 4) is 11.4 Å². The second kappa shape index (κ2) is 8.16. The average molecular weight is 381 g/mol. The zero-order chi connectivity index (χ0) is 20.3. The number of Topliss-reactive ketones (excluding diaryl/α,β-unsaturated/α-hetero) is 1. The number of hydrogen-bond acceptors (Lipinski definition) is 6. The van der Waals surface area contributed by atoms with Crippen LogP contribution in [0.25, 0.3) is 11.4 Å². The lowest BCUT2D eigenvalue weighted by Crippen LogP contribution is -2.20. The normalized spacial score (nSPS) is 10.9. The highest BCUT2D eigenvalue weighted by atomic mass is 16.5. The fourth-order valence-electron chi connectivity index (χ4n) is 3.08. The Morgan fingerprint density at radius 1 is 1.11 bits per heavy atom. The van der Waals surface area contributed by atoms with Crippen molar-refractivity contribution in [2.75, 3.05) is 6.61 Å². The first-order valence-electron chi connectivity index (χ1n) is 9.09. The number of aryl methyl sites for hydroxylation is 2. The van der Waals surface area contributed by atoms with E-state index < -0.39 is 5.97 Å². The molecule has 146 valence electrons. The van der Waals surface area contributed by atoms with Gasteiger partial charge in [-0.05, 0) is 39.0 Å². The smallest absolute Gasteiger partial charge is 0.330 e. The minimum Gasteiger partial charge on any atom is -0.456 e. The monoisotopic (exact) mass is 381 g/mol. The van der Waals surface area contributed by atoms with Gasteiger partial charge in [0.25, 0.3) is 0 Å². The average Bonchev–Trinajstić information content (AvgIpc) is 3.24. The van der Waals surface area contributed by atoms with E-state index in [4.69, 9.17) is 4.74 Å². The van der Waals surface area contributed by atoms with Gasteiger partial charge in [0, 0.05) is 29.1 Å². The lowest BCUT2D eigenvalue weighted by molar-refractivity contribution is -0.143. The number of rotatable bonds is 7. The van der Waals surface area contributed by atoms with E-state index in [-0.39, 0.29) is 18.9 Å². The molecular formula is C20H23N5O3. The Morgan fingerprint density at radius 3 is 2.46 bits per heavy atom. The van der Waals surface area contributed by atoms with Crippen LogP contribution in [0.2, 0.25) is 0 Å². The van der Waals surface area contributed by atoms with E-state index in [0.717, 1.165) is 33.9 Å². The molecule has 0 amide bonds. The minimum absolute atomic E-state index is 0.208. The van der Waals surface area contributed by atoms with E-state index in [2.05, 4.69) is 15.4 Å². The van der Waals surface area contributed by atoms with Crippen LogP contribution in [0.1, 0.15) is 34.2 Å². The summed E-state index contributed by atoms with van der Waals surface area (Å²) in [5, 5.41) is 12.0. The molecule has 1 aromatic carbocycles. The maximum atomic E-state index is 12.4. The number of carbonyl (C=O) groups excluding carboxylic acids is 2. The molecule has 0 spiro atoms. The molecule has 0 fully saturated rings. The van der Waals surface area contributed by atoms with Gasteiger partial charge in [-0.1, -0.05) is 29.8 Å². The van der Waals surface area contributed by atoms with Crippen molar-refractivity contribution < 1.29 is 14.3 Å². The van der Waals surface area contributed by atoms with Gasteiger partial charge in [-0.3, -0.25) is 4.79 Å². The lowest BCUT2D eigenvalue weighted by Gasteiger charge is -2.06. The van der Waals surface area contributed by atoms with Crippen LogP contribution >= 0.6 is 0 Å². The summed E-state index contributed by atoms with van der Waals surface area (Å²) in [6, 6.07) is 9.50. The van der Waals surface area contributed by atoms with Gasteiger partial charge in [-0.25, -0.2) is 4.79 Å². The summed E-state index contributed by atoms with van der Waals surface area (Å²) in [6.45, 7) is 8.10. The van der Waals surface area contributed by atoms with Gasteiger partial charge in [0.15, 0.2) is 13.2 Å². The van der Waals surface area contributed by atoms with E-state index in [9.17, 15) is 9.59 Å². The molecule has 0 saturated heterocycles. The van der Waals surface area contributed by atoms with Crippen molar-refractivity contribution in [1.29, 1.82) is 0 Å². The topological polar surface area (TPSA) is 91.9 Å². The van der Waals surface area contributed by atoms with Gasteiger partial charge < -0.3 is 9.30 Å². The largest absolute Gasteiger partial charge is 0.456 e. The number of ketones is 1. The highest BCUT2D eigenvalue weighted by Gasteiger charge is 2.17. The van der Waals surface area contributed by atoms with Gasteiger partial charge in [0.05, 0.1) is 0 Å². The van der Waals surface area contributed by atoms with Gasteiger partial charge in [0.1, 0.15) is 0 Å². The fraction of sp³-hybridized carbons (Fsp3) is 0.350. The van der Waals surface area contributed by atoms with Crippen LogP contribution in [0, 0.1) is 20.8 Å². The van der Waals surface area contributed by atoms with E-state index >= 15 is 0 Å². The first-order chi connectivity index (χ1) is 13.4. The molecule has 0 aliphatic rings. The summed E-state index contributed by atoms with van der Waals surface area (Å²) in [7, 11) is 0. The van der Waals surface area contributed by atoms with E-state index in [1.165, 1.54) is 0 Å². The van der Waals surface area contributed by atoms with Crippen molar-refractivity contribution in [3.63, 3.8) is 0 Å². The number of carbonyl (C=O) groups is 2. The van der Waals surface area contributed by atoms with E-state index in [1.54, 1.807) is 0 Å². The summed E-state index contributed by atoms with van der Waals surface area (Å²) in [4.78, 5) is 25.6. The maximum Gasteiger partial charge on any atom is 0.330 e. The Hall–Kier alpha value is -3.29. The zero-order valence-corrected chi connectivity index (χ0v) is 16.5. The summed E-state index contributed by atoms with van der Waals surface area (Å²) in [5.41, 5.74) is 4.40. The molecule has 8 nitrogen and oxygen atoms in total. The molecule has 0 aliphatic carbocycles. The number of tetrazole rings is 1. The van der Waals surface area contributed by atoms with Crippen molar-refractivity contribution in [3.05, 3.63) is 52.8 Å². The molecule has 0 bridgehead atoms. The third-order valence-electron chi connectivity index (χ3n) is 4.59. The molecule has 0 aliphatic heterocycles. The van der Waals surface area contributed by atoms with Crippen LogP contribution in [-0.2, 0) is 22.6 Å². The SMILES string of the molecule is CCn1c(C)cc(C(=O)COC(=O)Cn2nnc(-c3ccc(C)cc3)n2)c1C. The van der Waals surface area contributed by atoms with E-state index in [0.29, 0.717) is 11.4 Å². The molecule has 0 saturated carbocycles. The Kier molecular flexibility index (Phi) is 5.67. The summed E-state index contributed by atoms with van der Waals surface area (Å²) in [5.74, 6) is -0.394. The maximum absolute atomic E-state index is 12.4. The van der Waals surface area contributed by atoms with Crippen LogP contribution < -0.4 is 0 Å². The van der Waals surface area contributed by atoms with Crippen LogP contribution in [0.3, 0.4) is 0 Å². The summed E-state index contributed by atoms with van der Waals surface area (Å²) < 4.78 is 7.15. The summed E-state index contributed by atoms with van der Waals surface area (Å²) >= 11 is 0. The number of esters is 1. The second-order valence-corrected chi connectivity index (χ2v) is 6.62. The number of nitrogens with zero attached hydrogens (tertiary/aromatic N) is 5. The van der Waals surface area contributed by atoms with Gasteiger partial charge in [0.2, 0.25) is 11.6 Å². The third-order valence-corrected chi connectivity index (χ3v) is 4.59. The van der Waals surface area contributed by atoms with Crippen LogP contribution in [0.15, 0.2) is 30.3 Å². The van der Waals surface area contributed by atoms with E-state index in [1.807, 2.05) is 62.6 Å². The molecule has 3 aromatic rings. The molecule has 28 heavy (non-hydrogen) atoms. The molecule has 0 atom stereocenters. The molecule has 8 heteroatoms. The Labute approximate surface area is 163 Å². The van der Waals surface area contributed by atoms with Crippen molar-refractivity contribution in [2.24, 2.45) is 0 Å². The summed E-state index contributed by atoms with van der Waals surface area (Å²) in [6.07, 6.45) is 0. The first-order valence-corrected chi connectivity index (χ1v) is 9.09. The fourth-order valence-corrected chi connectivity index (χ4v) is 3.08. The zero-order valence-electron chi connectivity index (χ0n) is 16.5. The molecule has 0 radical (unpaired) electrons. The van der Waals surface area contributed by atoms with Crippen molar-refractivity contribution in [2.45, 2.75) is 40.8 Å². The van der Waals surface area contributed by atoms with Gasteiger partial charge in [-0.2, -0.15) is 4.80 Å². The van der Waals surface area contributed by atoms with Crippen LogP contribution in [0.4, 0.5) is 0 Å². The predicted molar refractivity (Wildman–Crippen MR) is 103 cm³/mol. The van der Waals surface area contributed by atoms with Crippen molar-refractivity contribution >= 4 is 11.8 Å². The Morgan fingerprint density at radius 2 is 1.82 bits per heavy atom. The van der Waals surface area contributed by atoms with Gasteiger partial charge in [-0.15, -0.1) is 10.2 Å². The third kappa shape index (κ3) is 4.16. The highest BCUT2D eigenvalue weighted by molar-refractivity contribution is 5.99. The second-order valence-electron chi connectivity index (χ2n) is 6.62. The first kappa shape index (κ1) is 19.5. The number of benzene rings is 1. The Bertz CT molecular complexity index is 1000. The molecule has 2 aromatic heterocycles. The minimum atomic E-state index is -0.592. The van der Waals surface area contributed by atoms with Crippen LogP contribution in [-0.4, -0.2) is 43.1 Å².